The normalized spacial score (nSPS) is 10.1. The Bertz CT molecular complexity index is 662. The maximum Gasteiger partial charge on any atom is 0.165 e. The van der Waals surface area contributed by atoms with Gasteiger partial charge in [-0.2, -0.15) is 5.26 Å². The van der Waals surface area contributed by atoms with E-state index in [2.05, 4.69) is 6.07 Å². The number of hydrogen-bond acceptors (Lipinski definition) is 3. The van der Waals surface area contributed by atoms with Crippen molar-refractivity contribution < 1.29 is 14.2 Å². The van der Waals surface area contributed by atoms with E-state index in [1.807, 2.05) is 6.92 Å². The van der Waals surface area contributed by atoms with E-state index < -0.39 is 5.82 Å². The van der Waals surface area contributed by atoms with Gasteiger partial charge in [0.15, 0.2) is 11.6 Å². The van der Waals surface area contributed by atoms with Gasteiger partial charge in [-0.3, -0.25) is 0 Å². The molecule has 2 aromatic rings. The summed E-state index contributed by atoms with van der Waals surface area (Å²) in [5.74, 6) is -0.353. The lowest BCUT2D eigenvalue weighted by Crippen LogP contribution is -2.00. The third-order valence-corrected chi connectivity index (χ3v) is 3.03. The Morgan fingerprint density at radius 1 is 1.25 bits per heavy atom. The van der Waals surface area contributed by atoms with Crippen molar-refractivity contribution in [1.82, 2.24) is 0 Å². The summed E-state index contributed by atoms with van der Waals surface area (Å²) in [4.78, 5) is 0. The summed E-state index contributed by atoms with van der Waals surface area (Å²) >= 11 is 0. The van der Waals surface area contributed by atoms with E-state index >= 15 is 0 Å². The first-order valence-corrected chi connectivity index (χ1v) is 6.15. The highest BCUT2D eigenvalue weighted by Crippen LogP contribution is 2.20. The van der Waals surface area contributed by atoms with Crippen LogP contribution in [0.2, 0.25) is 0 Å². The Balaban J connectivity index is 2.11. The fourth-order valence-electron chi connectivity index (χ4n) is 1.84. The molecule has 2 aromatic carbocycles. The van der Waals surface area contributed by atoms with Crippen molar-refractivity contribution in [3.63, 3.8) is 0 Å². The molecule has 0 unspecified atom stereocenters. The van der Waals surface area contributed by atoms with Crippen LogP contribution in [-0.4, -0.2) is 5.11 Å². The smallest absolute Gasteiger partial charge is 0.165 e. The molecule has 0 aliphatic heterocycles. The lowest BCUT2D eigenvalue weighted by Gasteiger charge is -2.10. The molecule has 0 radical (unpaired) electrons. The van der Waals surface area contributed by atoms with E-state index in [4.69, 9.17) is 15.1 Å². The van der Waals surface area contributed by atoms with Crippen LogP contribution >= 0.6 is 0 Å². The Kier molecular flexibility index (Phi) is 4.34. The Morgan fingerprint density at radius 3 is 2.65 bits per heavy atom. The fourth-order valence-corrected chi connectivity index (χ4v) is 1.84. The van der Waals surface area contributed by atoms with Gasteiger partial charge in [0.2, 0.25) is 0 Å². The number of aryl methyl sites for hydroxylation is 1. The van der Waals surface area contributed by atoms with Crippen LogP contribution in [-0.2, 0) is 13.2 Å². The predicted molar refractivity (Wildman–Crippen MR) is 72.5 cm³/mol. The average Bonchev–Trinajstić information content (AvgIpc) is 2.46. The van der Waals surface area contributed by atoms with Crippen molar-refractivity contribution in [2.75, 3.05) is 0 Å². The molecular weight excluding hydrogens is 257 g/mol. The lowest BCUT2D eigenvalue weighted by molar-refractivity contribution is 0.276. The molecule has 0 aliphatic rings. The standard InChI is InChI=1S/C16H14FNO2/c1-11-6-12(8-18)2-4-14(11)10-20-16-5-3-13(9-19)7-15(16)17/h2-7,19H,9-10H2,1H3. The van der Waals surface area contributed by atoms with Crippen LogP contribution in [0.25, 0.3) is 0 Å². The van der Waals surface area contributed by atoms with E-state index in [1.54, 1.807) is 24.3 Å². The van der Waals surface area contributed by atoms with Gasteiger partial charge in [-0.15, -0.1) is 0 Å². The summed E-state index contributed by atoms with van der Waals surface area (Å²) < 4.78 is 19.1. The highest BCUT2D eigenvalue weighted by molar-refractivity contribution is 5.37. The summed E-state index contributed by atoms with van der Waals surface area (Å²) in [7, 11) is 0. The summed E-state index contributed by atoms with van der Waals surface area (Å²) in [5.41, 5.74) is 2.92. The predicted octanol–water partition coefficient (Wildman–Crippen LogP) is 3.08. The number of aliphatic hydroxyl groups is 1. The molecule has 0 saturated carbocycles. The van der Waals surface area contributed by atoms with Gasteiger partial charge in [0, 0.05) is 0 Å². The number of aliphatic hydroxyl groups excluding tert-OH is 1. The van der Waals surface area contributed by atoms with Gasteiger partial charge in [-0.05, 0) is 47.9 Å². The van der Waals surface area contributed by atoms with Crippen molar-refractivity contribution in [3.05, 3.63) is 64.5 Å². The zero-order chi connectivity index (χ0) is 14.5. The number of nitriles is 1. The van der Waals surface area contributed by atoms with Crippen molar-refractivity contribution in [1.29, 1.82) is 5.26 Å². The molecule has 20 heavy (non-hydrogen) atoms. The molecule has 0 fully saturated rings. The molecule has 0 saturated heterocycles. The molecule has 4 heteroatoms. The second-order valence-corrected chi connectivity index (χ2v) is 4.46. The highest BCUT2D eigenvalue weighted by Gasteiger charge is 2.06. The number of benzene rings is 2. The topological polar surface area (TPSA) is 53.2 Å². The molecule has 0 heterocycles. The molecule has 1 N–H and O–H groups in total. The maximum absolute atomic E-state index is 13.7. The van der Waals surface area contributed by atoms with E-state index in [1.165, 1.54) is 12.1 Å². The van der Waals surface area contributed by atoms with E-state index in [0.29, 0.717) is 11.1 Å². The van der Waals surface area contributed by atoms with Crippen LogP contribution in [0.1, 0.15) is 22.3 Å². The maximum atomic E-state index is 13.7. The molecule has 0 spiro atoms. The van der Waals surface area contributed by atoms with Crippen molar-refractivity contribution in [2.45, 2.75) is 20.1 Å². The molecule has 102 valence electrons. The highest BCUT2D eigenvalue weighted by atomic mass is 19.1. The number of hydrogen-bond donors (Lipinski definition) is 1. The Hall–Kier alpha value is -2.38. The van der Waals surface area contributed by atoms with Crippen LogP contribution in [0.3, 0.4) is 0 Å². The van der Waals surface area contributed by atoms with E-state index in [-0.39, 0.29) is 19.0 Å². The Morgan fingerprint density at radius 2 is 2.05 bits per heavy atom. The van der Waals surface area contributed by atoms with Gasteiger partial charge in [0.1, 0.15) is 6.61 Å². The van der Waals surface area contributed by atoms with Gasteiger partial charge in [0.05, 0.1) is 18.2 Å². The third kappa shape index (κ3) is 3.14. The molecule has 0 atom stereocenters. The van der Waals surface area contributed by atoms with E-state index in [9.17, 15) is 4.39 Å². The zero-order valence-corrected chi connectivity index (χ0v) is 11.1. The van der Waals surface area contributed by atoms with Crippen LogP contribution in [0.5, 0.6) is 5.75 Å². The minimum atomic E-state index is -0.497. The summed E-state index contributed by atoms with van der Waals surface area (Å²) in [5, 5.41) is 17.7. The summed E-state index contributed by atoms with van der Waals surface area (Å²) in [6.45, 7) is 1.91. The van der Waals surface area contributed by atoms with E-state index in [0.717, 1.165) is 11.1 Å². The summed E-state index contributed by atoms with van der Waals surface area (Å²) in [6, 6.07) is 11.7. The van der Waals surface area contributed by atoms with Crippen LogP contribution in [0.4, 0.5) is 4.39 Å². The molecule has 0 aliphatic carbocycles. The first-order chi connectivity index (χ1) is 9.63. The van der Waals surface area contributed by atoms with Crippen molar-refractivity contribution in [2.24, 2.45) is 0 Å². The number of rotatable bonds is 4. The first kappa shape index (κ1) is 14.0. The van der Waals surface area contributed by atoms with Gasteiger partial charge in [-0.1, -0.05) is 12.1 Å². The lowest BCUT2D eigenvalue weighted by atomic mass is 10.1. The number of ether oxygens (including phenoxy) is 1. The van der Waals surface area contributed by atoms with Gasteiger partial charge < -0.3 is 9.84 Å². The number of nitrogens with zero attached hydrogens (tertiary/aromatic N) is 1. The third-order valence-electron chi connectivity index (χ3n) is 3.03. The van der Waals surface area contributed by atoms with Gasteiger partial charge >= 0.3 is 0 Å². The molecular formula is C16H14FNO2. The first-order valence-electron chi connectivity index (χ1n) is 6.15. The zero-order valence-electron chi connectivity index (χ0n) is 11.1. The van der Waals surface area contributed by atoms with Gasteiger partial charge in [0.25, 0.3) is 0 Å². The SMILES string of the molecule is Cc1cc(C#N)ccc1COc1ccc(CO)cc1F. The Labute approximate surface area is 116 Å². The second kappa shape index (κ2) is 6.18. The van der Waals surface area contributed by atoms with Crippen LogP contribution in [0.15, 0.2) is 36.4 Å². The molecule has 0 amide bonds. The summed E-state index contributed by atoms with van der Waals surface area (Å²) in [6.07, 6.45) is 0. The minimum absolute atomic E-state index is 0.144. The number of halogens is 1. The molecule has 0 aromatic heterocycles. The monoisotopic (exact) mass is 271 g/mol. The average molecular weight is 271 g/mol. The van der Waals surface area contributed by atoms with Crippen molar-refractivity contribution in [3.8, 4) is 11.8 Å². The molecule has 3 nitrogen and oxygen atoms in total. The largest absolute Gasteiger partial charge is 0.486 e. The van der Waals surface area contributed by atoms with Crippen molar-refractivity contribution >= 4 is 0 Å². The fraction of sp³-hybridized carbons (Fsp3) is 0.188. The van der Waals surface area contributed by atoms with Crippen LogP contribution < -0.4 is 4.74 Å². The van der Waals surface area contributed by atoms with Gasteiger partial charge in [-0.25, -0.2) is 4.39 Å². The quantitative estimate of drug-likeness (QED) is 0.929. The van der Waals surface area contributed by atoms with Crippen LogP contribution in [0, 0.1) is 24.1 Å². The minimum Gasteiger partial charge on any atom is -0.486 e. The molecule has 2 rings (SSSR count). The second-order valence-electron chi connectivity index (χ2n) is 4.46. The molecule has 0 bridgehead atoms.